The van der Waals surface area contributed by atoms with Crippen molar-refractivity contribution in [3.8, 4) is 11.4 Å². The van der Waals surface area contributed by atoms with Gasteiger partial charge < -0.3 is 10.3 Å². The molecule has 2 aromatic rings. The number of unbranched alkanes of at least 4 members (excludes halogenated alkanes) is 1. The minimum Gasteiger partial charge on any atom is -0.384 e. The maximum absolute atomic E-state index is 6.33. The lowest BCUT2D eigenvalue weighted by Gasteiger charge is -2.12. The minimum atomic E-state index is 0.549. The van der Waals surface area contributed by atoms with Crippen molar-refractivity contribution in [1.82, 2.24) is 9.55 Å². The van der Waals surface area contributed by atoms with Crippen molar-refractivity contribution in [2.24, 2.45) is 5.92 Å². The van der Waals surface area contributed by atoms with Crippen LogP contribution in [-0.4, -0.2) is 9.55 Å². The van der Waals surface area contributed by atoms with Crippen LogP contribution in [0.3, 0.4) is 0 Å². The smallest absolute Gasteiger partial charge is 0.141 e. The van der Waals surface area contributed by atoms with Gasteiger partial charge in [-0.25, -0.2) is 4.98 Å². The molecule has 2 rings (SSSR count). The fourth-order valence-corrected chi connectivity index (χ4v) is 2.40. The fourth-order valence-electron chi connectivity index (χ4n) is 2.40. The summed E-state index contributed by atoms with van der Waals surface area (Å²) < 4.78 is 2.17. The van der Waals surface area contributed by atoms with Crippen molar-refractivity contribution in [3.05, 3.63) is 36.0 Å². The van der Waals surface area contributed by atoms with E-state index >= 15 is 0 Å². The number of nitrogens with zero attached hydrogens (tertiary/aromatic N) is 2. The van der Waals surface area contributed by atoms with Crippen molar-refractivity contribution < 1.29 is 0 Å². The highest BCUT2D eigenvalue weighted by Gasteiger charge is 2.16. The SMILES string of the molecule is CCCCc1nc(-c2ccccc2)n(CC(C)C)c1N. The molecule has 20 heavy (non-hydrogen) atoms. The van der Waals surface area contributed by atoms with Crippen LogP contribution in [0.15, 0.2) is 30.3 Å². The van der Waals surface area contributed by atoms with E-state index in [0.29, 0.717) is 5.92 Å². The Hall–Kier alpha value is -1.77. The Kier molecular flexibility index (Phi) is 4.83. The predicted molar refractivity (Wildman–Crippen MR) is 85.5 cm³/mol. The molecular weight excluding hydrogens is 246 g/mol. The highest BCUT2D eigenvalue weighted by atomic mass is 15.1. The van der Waals surface area contributed by atoms with Crippen LogP contribution in [0.1, 0.15) is 39.3 Å². The molecule has 0 spiro atoms. The molecule has 3 nitrogen and oxygen atoms in total. The van der Waals surface area contributed by atoms with E-state index in [4.69, 9.17) is 10.7 Å². The van der Waals surface area contributed by atoms with Crippen LogP contribution in [0.4, 0.5) is 5.82 Å². The molecule has 0 fully saturated rings. The fraction of sp³-hybridized carbons (Fsp3) is 0.471. The number of anilines is 1. The summed E-state index contributed by atoms with van der Waals surface area (Å²) in [6.45, 7) is 7.52. The van der Waals surface area contributed by atoms with Gasteiger partial charge in [0.1, 0.15) is 11.6 Å². The van der Waals surface area contributed by atoms with Crippen LogP contribution in [0, 0.1) is 5.92 Å². The molecule has 0 unspecified atom stereocenters. The number of benzene rings is 1. The molecular formula is C17H25N3. The topological polar surface area (TPSA) is 43.8 Å². The zero-order chi connectivity index (χ0) is 14.5. The van der Waals surface area contributed by atoms with Crippen LogP contribution in [0.5, 0.6) is 0 Å². The lowest BCUT2D eigenvalue weighted by Crippen LogP contribution is -2.09. The van der Waals surface area contributed by atoms with Gasteiger partial charge >= 0.3 is 0 Å². The summed E-state index contributed by atoms with van der Waals surface area (Å²) in [5, 5.41) is 0. The summed E-state index contributed by atoms with van der Waals surface area (Å²) in [6, 6.07) is 10.3. The second-order valence-electron chi connectivity index (χ2n) is 5.74. The number of aromatic nitrogens is 2. The first kappa shape index (κ1) is 14.6. The molecule has 1 aromatic heterocycles. The third-order valence-corrected chi connectivity index (χ3v) is 3.43. The van der Waals surface area contributed by atoms with Crippen LogP contribution < -0.4 is 5.73 Å². The Labute approximate surface area is 121 Å². The molecule has 0 bridgehead atoms. The summed E-state index contributed by atoms with van der Waals surface area (Å²) in [4.78, 5) is 4.81. The van der Waals surface area contributed by atoms with Gasteiger partial charge in [0.25, 0.3) is 0 Å². The normalized spacial score (nSPS) is 11.2. The van der Waals surface area contributed by atoms with Crippen molar-refractivity contribution >= 4 is 5.82 Å². The van der Waals surface area contributed by atoms with Gasteiger partial charge in [0.05, 0.1) is 5.69 Å². The van der Waals surface area contributed by atoms with E-state index in [1.165, 1.54) is 0 Å². The molecule has 0 aliphatic carbocycles. The molecule has 108 valence electrons. The first-order valence-corrected chi connectivity index (χ1v) is 7.53. The summed E-state index contributed by atoms with van der Waals surface area (Å²) in [5.74, 6) is 2.39. The number of hydrogen-bond donors (Lipinski definition) is 1. The molecule has 0 saturated heterocycles. The van der Waals surface area contributed by atoms with Crippen LogP contribution in [0.25, 0.3) is 11.4 Å². The first-order valence-electron chi connectivity index (χ1n) is 7.53. The molecule has 0 saturated carbocycles. The summed E-state index contributed by atoms with van der Waals surface area (Å²) in [5.41, 5.74) is 8.52. The molecule has 0 radical (unpaired) electrons. The maximum atomic E-state index is 6.33. The number of nitrogen functional groups attached to an aromatic ring is 1. The number of rotatable bonds is 6. The Bertz CT molecular complexity index is 541. The molecule has 1 aromatic carbocycles. The minimum absolute atomic E-state index is 0.549. The van der Waals surface area contributed by atoms with Gasteiger partial charge in [0.15, 0.2) is 0 Å². The van der Waals surface area contributed by atoms with Gasteiger partial charge in [-0.05, 0) is 18.8 Å². The maximum Gasteiger partial charge on any atom is 0.141 e. The number of aryl methyl sites for hydroxylation is 1. The summed E-state index contributed by atoms with van der Waals surface area (Å²) >= 11 is 0. The average Bonchev–Trinajstić information content (AvgIpc) is 2.74. The third-order valence-electron chi connectivity index (χ3n) is 3.43. The van der Waals surface area contributed by atoms with Crippen LogP contribution in [-0.2, 0) is 13.0 Å². The molecule has 2 N–H and O–H groups in total. The van der Waals surface area contributed by atoms with Crippen molar-refractivity contribution in [3.63, 3.8) is 0 Å². The standard InChI is InChI=1S/C17H25N3/c1-4-5-11-15-16(18)20(12-13(2)3)17(19-15)14-9-7-6-8-10-14/h6-10,13H,4-5,11-12,18H2,1-3H3. The molecule has 0 amide bonds. The Morgan fingerprint density at radius 3 is 2.50 bits per heavy atom. The number of nitrogens with two attached hydrogens (primary N) is 1. The van der Waals surface area contributed by atoms with Crippen molar-refractivity contribution in [2.45, 2.75) is 46.6 Å². The zero-order valence-corrected chi connectivity index (χ0v) is 12.8. The lowest BCUT2D eigenvalue weighted by molar-refractivity contribution is 0.531. The molecule has 0 aliphatic heterocycles. The average molecular weight is 271 g/mol. The number of hydrogen-bond acceptors (Lipinski definition) is 2. The van der Waals surface area contributed by atoms with Gasteiger partial charge in [-0.15, -0.1) is 0 Å². The molecule has 0 atom stereocenters. The van der Waals surface area contributed by atoms with E-state index in [-0.39, 0.29) is 0 Å². The summed E-state index contributed by atoms with van der Waals surface area (Å²) in [7, 11) is 0. The van der Waals surface area contributed by atoms with Crippen molar-refractivity contribution in [2.75, 3.05) is 5.73 Å². The van der Waals surface area contributed by atoms with Gasteiger partial charge in [-0.2, -0.15) is 0 Å². The first-order chi connectivity index (χ1) is 9.63. The quantitative estimate of drug-likeness (QED) is 0.858. The Morgan fingerprint density at radius 2 is 1.90 bits per heavy atom. The number of imidazole rings is 1. The highest BCUT2D eigenvalue weighted by Crippen LogP contribution is 2.26. The predicted octanol–water partition coefficient (Wildman–Crippen LogP) is 4.13. The van der Waals surface area contributed by atoms with Gasteiger partial charge in [0.2, 0.25) is 0 Å². The van der Waals surface area contributed by atoms with Crippen LogP contribution >= 0.6 is 0 Å². The van der Waals surface area contributed by atoms with E-state index in [9.17, 15) is 0 Å². The lowest BCUT2D eigenvalue weighted by atomic mass is 10.2. The van der Waals surface area contributed by atoms with Crippen molar-refractivity contribution in [1.29, 1.82) is 0 Å². The highest BCUT2D eigenvalue weighted by molar-refractivity contribution is 5.60. The summed E-state index contributed by atoms with van der Waals surface area (Å²) in [6.07, 6.45) is 3.27. The van der Waals surface area contributed by atoms with E-state index in [1.807, 2.05) is 18.2 Å². The Morgan fingerprint density at radius 1 is 1.20 bits per heavy atom. The molecule has 3 heteroatoms. The second-order valence-corrected chi connectivity index (χ2v) is 5.74. The van der Waals surface area contributed by atoms with Gasteiger partial charge in [-0.3, -0.25) is 0 Å². The molecule has 1 heterocycles. The van der Waals surface area contributed by atoms with E-state index < -0.39 is 0 Å². The van der Waals surface area contributed by atoms with E-state index in [2.05, 4.69) is 37.5 Å². The van der Waals surface area contributed by atoms with Crippen LogP contribution in [0.2, 0.25) is 0 Å². The van der Waals surface area contributed by atoms with Gasteiger partial charge in [-0.1, -0.05) is 57.5 Å². The van der Waals surface area contributed by atoms with E-state index in [1.54, 1.807) is 0 Å². The third kappa shape index (κ3) is 3.21. The monoisotopic (exact) mass is 271 g/mol. The molecule has 0 aliphatic rings. The largest absolute Gasteiger partial charge is 0.384 e. The zero-order valence-electron chi connectivity index (χ0n) is 12.8. The van der Waals surface area contributed by atoms with Gasteiger partial charge in [0, 0.05) is 12.1 Å². The second kappa shape index (κ2) is 6.60. The van der Waals surface area contributed by atoms with E-state index in [0.717, 1.165) is 48.7 Å². The Balaban J connectivity index is 2.43.